The van der Waals surface area contributed by atoms with Gasteiger partial charge in [0.25, 0.3) is 0 Å². The molecule has 1 aliphatic rings. The molecular formula is C20H29N3O2. The fourth-order valence-electron chi connectivity index (χ4n) is 2.93. The van der Waals surface area contributed by atoms with Crippen LogP contribution in [0.1, 0.15) is 68.9 Å². The third kappa shape index (κ3) is 7.08. The zero-order valence-corrected chi connectivity index (χ0v) is 15.4. The number of amides is 2. The number of anilines is 1. The SMILES string of the molecule is Cc1ccc(C)c(NC(=O)CCC(=O)NN=C2CCCCCCC2)c1. The van der Waals surface area contributed by atoms with E-state index < -0.39 is 0 Å². The monoisotopic (exact) mass is 343 g/mol. The van der Waals surface area contributed by atoms with Crippen LogP contribution in [0, 0.1) is 13.8 Å². The van der Waals surface area contributed by atoms with Crippen molar-refractivity contribution in [2.45, 2.75) is 71.6 Å². The molecule has 1 saturated carbocycles. The molecule has 2 rings (SSSR count). The smallest absolute Gasteiger partial charge is 0.240 e. The number of hydrogen-bond acceptors (Lipinski definition) is 3. The Kier molecular flexibility index (Phi) is 7.64. The molecule has 0 bridgehead atoms. The molecule has 0 spiro atoms. The lowest BCUT2D eigenvalue weighted by Gasteiger charge is -2.11. The van der Waals surface area contributed by atoms with Gasteiger partial charge in [-0.25, -0.2) is 5.43 Å². The lowest BCUT2D eigenvalue weighted by atomic mass is 9.99. The topological polar surface area (TPSA) is 70.6 Å². The van der Waals surface area contributed by atoms with Crippen molar-refractivity contribution in [1.29, 1.82) is 0 Å². The van der Waals surface area contributed by atoms with Gasteiger partial charge in [-0.15, -0.1) is 0 Å². The van der Waals surface area contributed by atoms with Crippen LogP contribution in [-0.2, 0) is 9.59 Å². The zero-order chi connectivity index (χ0) is 18.1. The van der Waals surface area contributed by atoms with Crippen molar-refractivity contribution in [3.63, 3.8) is 0 Å². The molecule has 2 amide bonds. The van der Waals surface area contributed by atoms with Gasteiger partial charge in [0.2, 0.25) is 11.8 Å². The Morgan fingerprint density at radius 2 is 1.60 bits per heavy atom. The summed E-state index contributed by atoms with van der Waals surface area (Å²) in [7, 11) is 0. The largest absolute Gasteiger partial charge is 0.326 e. The predicted octanol–water partition coefficient (Wildman–Crippen LogP) is 4.24. The van der Waals surface area contributed by atoms with Crippen molar-refractivity contribution in [2.75, 3.05) is 5.32 Å². The number of carbonyl (C=O) groups is 2. The molecule has 25 heavy (non-hydrogen) atoms. The van der Waals surface area contributed by atoms with Crippen LogP contribution in [0.25, 0.3) is 0 Å². The first kappa shape index (κ1) is 19.2. The maximum atomic E-state index is 12.0. The van der Waals surface area contributed by atoms with Gasteiger partial charge < -0.3 is 5.32 Å². The molecule has 0 radical (unpaired) electrons. The highest BCUT2D eigenvalue weighted by Gasteiger charge is 2.10. The van der Waals surface area contributed by atoms with Crippen molar-refractivity contribution >= 4 is 23.2 Å². The van der Waals surface area contributed by atoms with E-state index in [4.69, 9.17) is 0 Å². The summed E-state index contributed by atoms with van der Waals surface area (Å²) in [4.78, 5) is 24.0. The summed E-state index contributed by atoms with van der Waals surface area (Å²) in [6.07, 6.45) is 8.31. The number of nitrogens with zero attached hydrogens (tertiary/aromatic N) is 1. The molecule has 2 N–H and O–H groups in total. The molecule has 0 saturated heterocycles. The first-order chi connectivity index (χ1) is 12.0. The molecule has 1 fully saturated rings. The average Bonchev–Trinajstić information content (AvgIpc) is 2.55. The van der Waals surface area contributed by atoms with Gasteiger partial charge in [0.05, 0.1) is 0 Å². The molecule has 0 unspecified atom stereocenters. The molecule has 0 atom stereocenters. The summed E-state index contributed by atoms with van der Waals surface area (Å²) in [6.45, 7) is 3.93. The van der Waals surface area contributed by atoms with E-state index in [9.17, 15) is 9.59 Å². The van der Waals surface area contributed by atoms with Gasteiger partial charge in [0.15, 0.2) is 0 Å². The normalized spacial score (nSPS) is 15.0. The van der Waals surface area contributed by atoms with Gasteiger partial charge in [0, 0.05) is 24.2 Å². The fourth-order valence-corrected chi connectivity index (χ4v) is 2.93. The van der Waals surface area contributed by atoms with Gasteiger partial charge in [-0.05, 0) is 56.7 Å². The second-order valence-corrected chi connectivity index (χ2v) is 6.85. The van der Waals surface area contributed by atoms with Gasteiger partial charge in [-0.3, -0.25) is 9.59 Å². The van der Waals surface area contributed by atoms with Crippen LogP contribution in [0.5, 0.6) is 0 Å². The summed E-state index contributed by atoms with van der Waals surface area (Å²) in [5.74, 6) is -0.354. The van der Waals surface area contributed by atoms with Crippen LogP contribution >= 0.6 is 0 Å². The minimum Gasteiger partial charge on any atom is -0.326 e. The highest BCUT2D eigenvalue weighted by atomic mass is 16.2. The molecule has 0 heterocycles. The highest BCUT2D eigenvalue weighted by Crippen LogP contribution is 2.17. The quantitative estimate of drug-likeness (QED) is 0.785. The Morgan fingerprint density at radius 3 is 2.32 bits per heavy atom. The minimum atomic E-state index is -0.203. The molecule has 1 aromatic carbocycles. The number of rotatable bonds is 5. The van der Waals surface area contributed by atoms with Crippen LogP contribution in [0.15, 0.2) is 23.3 Å². The lowest BCUT2D eigenvalue weighted by Crippen LogP contribution is -2.22. The summed E-state index contributed by atoms with van der Waals surface area (Å²) >= 11 is 0. The third-order valence-electron chi connectivity index (χ3n) is 4.52. The maximum absolute atomic E-state index is 12.0. The zero-order valence-electron chi connectivity index (χ0n) is 15.4. The molecule has 5 heteroatoms. The third-order valence-corrected chi connectivity index (χ3v) is 4.52. The minimum absolute atomic E-state index is 0.146. The average molecular weight is 343 g/mol. The second-order valence-electron chi connectivity index (χ2n) is 6.85. The van der Waals surface area contributed by atoms with Crippen molar-refractivity contribution in [3.05, 3.63) is 29.3 Å². The van der Waals surface area contributed by atoms with E-state index in [1.165, 1.54) is 19.3 Å². The van der Waals surface area contributed by atoms with Crippen LogP contribution in [0.4, 0.5) is 5.69 Å². The van der Waals surface area contributed by atoms with E-state index in [0.717, 1.165) is 48.2 Å². The molecule has 1 aliphatic carbocycles. The molecule has 1 aromatic rings. The Labute approximate surface area is 150 Å². The standard InChI is InChI=1S/C20H29N3O2/c1-15-10-11-16(2)18(14-15)21-19(24)12-13-20(25)23-22-17-8-6-4-3-5-7-9-17/h10-11,14H,3-9,12-13H2,1-2H3,(H,21,24)(H,23,25). The Hall–Kier alpha value is -2.17. The Bertz CT molecular complexity index is 628. The Balaban J connectivity index is 1.75. The van der Waals surface area contributed by atoms with Crippen LogP contribution in [-0.4, -0.2) is 17.5 Å². The number of aryl methyl sites for hydroxylation is 2. The van der Waals surface area contributed by atoms with Gasteiger partial charge in [-0.2, -0.15) is 5.10 Å². The summed E-state index contributed by atoms with van der Waals surface area (Å²) < 4.78 is 0. The van der Waals surface area contributed by atoms with Crippen LogP contribution < -0.4 is 10.7 Å². The van der Waals surface area contributed by atoms with E-state index in [0.29, 0.717) is 0 Å². The number of hydrogen-bond donors (Lipinski definition) is 2. The summed E-state index contributed by atoms with van der Waals surface area (Å²) in [6, 6.07) is 5.92. The number of nitrogens with one attached hydrogen (secondary N) is 2. The number of benzene rings is 1. The molecule has 0 aromatic heterocycles. The van der Waals surface area contributed by atoms with Crippen molar-refractivity contribution < 1.29 is 9.59 Å². The van der Waals surface area contributed by atoms with Gasteiger partial charge in [-0.1, -0.05) is 31.4 Å². The van der Waals surface area contributed by atoms with E-state index in [1.807, 2.05) is 32.0 Å². The molecule has 136 valence electrons. The fraction of sp³-hybridized carbons (Fsp3) is 0.550. The molecular weight excluding hydrogens is 314 g/mol. The molecule has 0 aliphatic heterocycles. The molecule has 5 nitrogen and oxygen atoms in total. The van der Waals surface area contributed by atoms with Crippen molar-refractivity contribution in [3.8, 4) is 0 Å². The first-order valence-corrected chi connectivity index (χ1v) is 9.26. The van der Waals surface area contributed by atoms with E-state index >= 15 is 0 Å². The first-order valence-electron chi connectivity index (χ1n) is 9.26. The van der Waals surface area contributed by atoms with Gasteiger partial charge >= 0.3 is 0 Å². The van der Waals surface area contributed by atoms with Crippen LogP contribution in [0.3, 0.4) is 0 Å². The maximum Gasteiger partial charge on any atom is 0.240 e. The number of carbonyl (C=O) groups excluding carboxylic acids is 2. The van der Waals surface area contributed by atoms with Crippen LogP contribution in [0.2, 0.25) is 0 Å². The van der Waals surface area contributed by atoms with E-state index in [2.05, 4.69) is 15.8 Å². The number of hydrazone groups is 1. The van der Waals surface area contributed by atoms with E-state index in [1.54, 1.807) is 0 Å². The predicted molar refractivity (Wildman–Crippen MR) is 102 cm³/mol. The van der Waals surface area contributed by atoms with Gasteiger partial charge in [0.1, 0.15) is 0 Å². The second kappa shape index (κ2) is 9.97. The van der Waals surface area contributed by atoms with Crippen molar-refractivity contribution in [1.82, 2.24) is 5.43 Å². The summed E-state index contributed by atoms with van der Waals surface area (Å²) in [5.41, 5.74) is 6.60. The van der Waals surface area contributed by atoms with E-state index in [-0.39, 0.29) is 24.7 Å². The highest BCUT2D eigenvalue weighted by molar-refractivity contribution is 5.94. The Morgan fingerprint density at radius 1 is 0.960 bits per heavy atom. The van der Waals surface area contributed by atoms with Crippen molar-refractivity contribution in [2.24, 2.45) is 5.10 Å². The summed E-state index contributed by atoms with van der Waals surface area (Å²) in [5, 5.41) is 7.13. The lowest BCUT2D eigenvalue weighted by molar-refractivity contribution is -0.124.